The summed E-state index contributed by atoms with van der Waals surface area (Å²) in [6, 6.07) is 3.87. The molecule has 11 heteroatoms. The molecule has 1 atom stereocenters. The lowest BCUT2D eigenvalue weighted by molar-refractivity contribution is -0.116. The lowest BCUT2D eigenvalue weighted by atomic mass is 10.2. The Labute approximate surface area is 150 Å². The van der Waals surface area contributed by atoms with E-state index in [4.69, 9.17) is 15.6 Å². The van der Waals surface area contributed by atoms with Gasteiger partial charge in [-0.15, -0.1) is 0 Å². The number of primary amides is 1. The lowest BCUT2D eigenvalue weighted by Crippen LogP contribution is -2.38. The summed E-state index contributed by atoms with van der Waals surface area (Å²) in [5.41, 5.74) is 4.62. The molecule has 138 valence electrons. The molecule has 0 aliphatic carbocycles. The number of amidine groups is 1. The smallest absolute Gasteiger partial charge is 0.251 e. The predicted molar refractivity (Wildman–Crippen MR) is 97.3 cm³/mol. The number of hydrogen-bond acceptors (Lipinski definition) is 8. The molecule has 25 heavy (non-hydrogen) atoms. The molecule has 9 nitrogen and oxygen atoms in total. The summed E-state index contributed by atoms with van der Waals surface area (Å²) in [5, 5.41) is 6.05. The van der Waals surface area contributed by atoms with Crippen LogP contribution < -0.4 is 10.5 Å². The van der Waals surface area contributed by atoms with E-state index in [1.807, 2.05) is 31.1 Å². The van der Waals surface area contributed by atoms with E-state index in [1.54, 1.807) is 11.8 Å². The van der Waals surface area contributed by atoms with Crippen molar-refractivity contribution < 1.29 is 17.6 Å². The average Bonchev–Trinajstić information content (AvgIpc) is 3.00. The molecule has 1 aromatic heterocycles. The maximum atomic E-state index is 11.7. The van der Waals surface area contributed by atoms with E-state index >= 15 is 0 Å². The average molecular weight is 387 g/mol. The van der Waals surface area contributed by atoms with E-state index in [0.29, 0.717) is 18.1 Å². The van der Waals surface area contributed by atoms with Crippen LogP contribution in [-0.4, -0.2) is 62.4 Å². The van der Waals surface area contributed by atoms with Crippen LogP contribution in [0.2, 0.25) is 0 Å². The van der Waals surface area contributed by atoms with Gasteiger partial charge in [0.05, 0.1) is 18.8 Å². The van der Waals surface area contributed by atoms with Gasteiger partial charge in [0.25, 0.3) is 10.0 Å². The molecule has 1 amide bonds. The number of carbonyl (C=O) groups excluding carboxylic acids is 1. The zero-order valence-electron chi connectivity index (χ0n) is 14.0. The van der Waals surface area contributed by atoms with Crippen LogP contribution in [0.1, 0.15) is 11.5 Å². The van der Waals surface area contributed by atoms with Gasteiger partial charge in [0.1, 0.15) is 17.2 Å². The van der Waals surface area contributed by atoms with Crippen molar-refractivity contribution in [2.75, 3.05) is 26.4 Å². The summed E-state index contributed by atoms with van der Waals surface area (Å²) < 4.78 is 31.2. The first-order chi connectivity index (χ1) is 11.7. The van der Waals surface area contributed by atoms with Gasteiger partial charge in [0.15, 0.2) is 5.84 Å². The maximum Gasteiger partial charge on any atom is 0.251 e. The molecule has 0 radical (unpaired) electrons. The summed E-state index contributed by atoms with van der Waals surface area (Å²) in [7, 11) is -0.0513. The number of furan rings is 1. The maximum absolute atomic E-state index is 11.7. The zero-order valence-corrected chi connectivity index (χ0v) is 15.6. The van der Waals surface area contributed by atoms with Crippen molar-refractivity contribution in [3.8, 4) is 0 Å². The Morgan fingerprint density at radius 1 is 1.44 bits per heavy atom. The van der Waals surface area contributed by atoms with E-state index in [9.17, 15) is 13.2 Å². The highest BCUT2D eigenvalue weighted by molar-refractivity contribution is 7.98. The van der Waals surface area contributed by atoms with Crippen LogP contribution >= 0.6 is 11.8 Å². The highest BCUT2D eigenvalue weighted by Gasteiger charge is 2.44. The Morgan fingerprint density at radius 2 is 2.12 bits per heavy atom. The van der Waals surface area contributed by atoms with Gasteiger partial charge in [-0.1, -0.05) is 0 Å². The predicted octanol–water partition coefficient (Wildman–Crippen LogP) is -0.220. The SMILES string of the molecule is CN(C)Cc1ccc(CSCCN=C2NS(=O)(=O)C(C(N)=O)C2=N)o1. The first-order valence-electron chi connectivity index (χ1n) is 7.45. The summed E-state index contributed by atoms with van der Waals surface area (Å²) in [6.07, 6.45) is 0. The van der Waals surface area contributed by atoms with Gasteiger partial charge in [-0.3, -0.25) is 19.9 Å². The van der Waals surface area contributed by atoms with Crippen LogP contribution in [0.4, 0.5) is 0 Å². The van der Waals surface area contributed by atoms with E-state index < -0.39 is 26.9 Å². The van der Waals surface area contributed by atoms with Gasteiger partial charge in [0.2, 0.25) is 11.2 Å². The molecule has 1 unspecified atom stereocenters. The number of aliphatic imine (C=N–C) groups is 1. The summed E-state index contributed by atoms with van der Waals surface area (Å²) in [6.45, 7) is 1.04. The van der Waals surface area contributed by atoms with E-state index in [0.717, 1.165) is 18.1 Å². The normalized spacial score (nSPS) is 21.0. The Bertz CT molecular complexity index is 785. The summed E-state index contributed by atoms with van der Waals surface area (Å²) >= 11 is 1.58. The third-order valence-corrected chi connectivity index (χ3v) is 5.79. The molecule has 4 N–H and O–H groups in total. The number of nitrogens with one attached hydrogen (secondary N) is 2. The summed E-state index contributed by atoms with van der Waals surface area (Å²) in [5.74, 6) is 1.85. The molecule has 0 spiro atoms. The fraction of sp³-hybridized carbons (Fsp3) is 0.500. The zero-order chi connectivity index (χ0) is 18.6. The Kier molecular flexibility index (Phi) is 6.25. The van der Waals surface area contributed by atoms with Crippen molar-refractivity contribution in [2.45, 2.75) is 17.5 Å². The summed E-state index contributed by atoms with van der Waals surface area (Å²) in [4.78, 5) is 17.2. The number of nitrogens with zero attached hydrogens (tertiary/aromatic N) is 2. The van der Waals surface area contributed by atoms with Crippen molar-refractivity contribution in [1.82, 2.24) is 9.62 Å². The van der Waals surface area contributed by atoms with Gasteiger partial charge < -0.3 is 15.1 Å². The number of nitrogens with two attached hydrogens (primary N) is 1. The molecule has 1 aliphatic rings. The van der Waals surface area contributed by atoms with Gasteiger partial charge in [-0.2, -0.15) is 11.8 Å². The van der Waals surface area contributed by atoms with E-state index in [-0.39, 0.29) is 5.84 Å². The van der Waals surface area contributed by atoms with Crippen LogP contribution in [0.5, 0.6) is 0 Å². The molecule has 0 aromatic carbocycles. The Balaban J connectivity index is 1.81. The number of carbonyl (C=O) groups is 1. The second-order valence-electron chi connectivity index (χ2n) is 5.73. The highest BCUT2D eigenvalue weighted by Crippen LogP contribution is 2.16. The van der Waals surface area contributed by atoms with Gasteiger partial charge in [-0.05, 0) is 26.2 Å². The van der Waals surface area contributed by atoms with Crippen LogP contribution in [-0.2, 0) is 27.1 Å². The van der Waals surface area contributed by atoms with Crippen LogP contribution in [0.3, 0.4) is 0 Å². The van der Waals surface area contributed by atoms with Crippen LogP contribution in [0.15, 0.2) is 21.5 Å². The number of amides is 1. The third kappa shape index (κ3) is 5.06. The van der Waals surface area contributed by atoms with Crippen LogP contribution in [0.25, 0.3) is 0 Å². The highest BCUT2D eigenvalue weighted by atomic mass is 32.2. The van der Waals surface area contributed by atoms with Crippen molar-refractivity contribution in [2.24, 2.45) is 10.7 Å². The van der Waals surface area contributed by atoms with Crippen molar-refractivity contribution in [3.63, 3.8) is 0 Å². The minimum absolute atomic E-state index is 0.115. The van der Waals surface area contributed by atoms with Gasteiger partial charge in [0, 0.05) is 5.75 Å². The number of sulfonamides is 1. The minimum Gasteiger partial charge on any atom is -0.464 e. The quantitative estimate of drug-likeness (QED) is 0.526. The fourth-order valence-corrected chi connectivity index (χ4v) is 4.24. The topological polar surface area (TPSA) is 142 Å². The molecule has 2 heterocycles. The minimum atomic E-state index is -3.98. The van der Waals surface area contributed by atoms with Gasteiger partial charge >= 0.3 is 0 Å². The second-order valence-corrected chi connectivity index (χ2v) is 8.60. The first-order valence-corrected chi connectivity index (χ1v) is 10.1. The first kappa shape index (κ1) is 19.5. The number of thioether (sulfide) groups is 1. The Hall–Kier alpha value is -1.85. The molecule has 1 aromatic rings. The van der Waals surface area contributed by atoms with Crippen molar-refractivity contribution in [1.29, 1.82) is 5.41 Å². The van der Waals surface area contributed by atoms with Crippen molar-refractivity contribution in [3.05, 3.63) is 23.7 Å². The molecule has 0 bridgehead atoms. The molecule has 1 fully saturated rings. The standard InChI is InChI=1S/C14H21N5O4S2/c1-19(2)7-9-3-4-10(23-9)8-24-6-5-17-14-11(15)12(13(16)20)25(21,22)18-14/h3-4,12,15H,5-8H2,1-2H3,(H2,16,20)(H,17,18). The molecule has 0 saturated carbocycles. The largest absolute Gasteiger partial charge is 0.464 e. The Morgan fingerprint density at radius 3 is 2.72 bits per heavy atom. The monoisotopic (exact) mass is 387 g/mol. The van der Waals surface area contributed by atoms with Crippen molar-refractivity contribution >= 4 is 39.2 Å². The van der Waals surface area contributed by atoms with E-state index in [2.05, 4.69) is 9.71 Å². The van der Waals surface area contributed by atoms with E-state index in [1.165, 1.54) is 0 Å². The molecule has 2 rings (SSSR count). The molecular formula is C14H21N5O4S2. The van der Waals surface area contributed by atoms with Gasteiger partial charge in [-0.25, -0.2) is 8.42 Å². The number of rotatable bonds is 8. The number of hydrogen-bond donors (Lipinski definition) is 3. The molecule has 1 aliphatic heterocycles. The van der Waals surface area contributed by atoms with Crippen LogP contribution in [0, 0.1) is 5.41 Å². The molecule has 1 saturated heterocycles. The fourth-order valence-electron chi connectivity index (χ4n) is 2.23. The third-order valence-electron chi connectivity index (χ3n) is 3.26. The second kappa shape index (κ2) is 8.02. The molecular weight excluding hydrogens is 366 g/mol. The lowest BCUT2D eigenvalue weighted by Gasteiger charge is -2.05.